The Bertz CT molecular complexity index is 687. The summed E-state index contributed by atoms with van der Waals surface area (Å²) >= 11 is 0.951. The quantitative estimate of drug-likeness (QED) is 0.890. The number of nitrogens with two attached hydrogens (primary N) is 1. The Kier molecular flexibility index (Phi) is 5.77. The van der Waals surface area contributed by atoms with E-state index in [1.807, 2.05) is 0 Å². The van der Waals surface area contributed by atoms with E-state index in [4.69, 9.17) is 5.73 Å². The maximum atomic E-state index is 12.6. The number of thiophene rings is 1. The molecule has 122 valence electrons. The highest BCUT2D eigenvalue weighted by Crippen LogP contribution is 2.34. The number of carbonyl (C=O) groups excluding carboxylic acids is 1. The van der Waals surface area contributed by atoms with Gasteiger partial charge in [0.15, 0.2) is 0 Å². The molecule has 0 unspecified atom stereocenters. The number of hydrogen-bond acceptors (Lipinski definition) is 4. The molecule has 4 nitrogen and oxygen atoms in total. The van der Waals surface area contributed by atoms with Crippen LogP contribution in [0.3, 0.4) is 0 Å². The number of nitrogens with zero attached hydrogens (tertiary/aromatic N) is 1. The van der Waals surface area contributed by atoms with E-state index >= 15 is 0 Å². The average molecular weight is 354 g/mol. The topological polar surface area (TPSA) is 68.0 Å². The van der Waals surface area contributed by atoms with Gasteiger partial charge in [0.25, 0.3) is 5.91 Å². The second-order valence-electron chi connectivity index (χ2n) is 4.71. The lowest BCUT2D eigenvalue weighted by Gasteiger charge is -2.10. The van der Waals surface area contributed by atoms with Gasteiger partial charge in [0.2, 0.25) is 0 Å². The van der Waals surface area contributed by atoms with E-state index in [1.54, 1.807) is 13.8 Å². The van der Waals surface area contributed by atoms with Crippen molar-refractivity contribution in [2.45, 2.75) is 26.1 Å². The molecule has 9 heteroatoms. The van der Waals surface area contributed by atoms with Gasteiger partial charge in [-0.15, -0.1) is 23.7 Å². The van der Waals surface area contributed by atoms with Gasteiger partial charge in [-0.1, -0.05) is 0 Å². The van der Waals surface area contributed by atoms with Crippen LogP contribution in [0.25, 0.3) is 10.2 Å². The SMILES string of the molecule is Cc1c(C(=O)N[C@@H](C)CN)sc2nc(C(F)(F)F)ccc12.Cl. The summed E-state index contributed by atoms with van der Waals surface area (Å²) in [6, 6.07) is 2.06. The number of pyridine rings is 1. The third-order valence-electron chi connectivity index (χ3n) is 3.03. The molecule has 0 aliphatic heterocycles. The summed E-state index contributed by atoms with van der Waals surface area (Å²) in [4.78, 5) is 16.2. The van der Waals surface area contributed by atoms with Crippen molar-refractivity contribution < 1.29 is 18.0 Å². The minimum absolute atomic E-state index is 0. The van der Waals surface area contributed by atoms with E-state index < -0.39 is 11.9 Å². The lowest BCUT2D eigenvalue weighted by molar-refractivity contribution is -0.140. The fourth-order valence-corrected chi connectivity index (χ4v) is 2.91. The van der Waals surface area contributed by atoms with Crippen molar-refractivity contribution in [3.63, 3.8) is 0 Å². The molecule has 1 amide bonds. The lowest BCUT2D eigenvalue weighted by atomic mass is 10.1. The molecule has 0 aromatic carbocycles. The number of carbonyl (C=O) groups is 1. The summed E-state index contributed by atoms with van der Waals surface area (Å²) in [5.74, 6) is -0.345. The van der Waals surface area contributed by atoms with Gasteiger partial charge in [0, 0.05) is 18.0 Å². The maximum absolute atomic E-state index is 12.6. The number of fused-ring (bicyclic) bond motifs is 1. The van der Waals surface area contributed by atoms with Crippen molar-refractivity contribution in [1.29, 1.82) is 0 Å². The highest BCUT2D eigenvalue weighted by molar-refractivity contribution is 7.20. The van der Waals surface area contributed by atoms with E-state index in [-0.39, 0.29) is 35.7 Å². The second kappa shape index (κ2) is 6.80. The van der Waals surface area contributed by atoms with Gasteiger partial charge in [-0.25, -0.2) is 4.98 Å². The normalized spacial score (nSPS) is 12.8. The van der Waals surface area contributed by atoms with Gasteiger partial charge in [-0.2, -0.15) is 13.2 Å². The predicted octanol–water partition coefficient (Wildman–Crippen LogP) is 3.12. The third kappa shape index (κ3) is 3.68. The number of nitrogens with one attached hydrogen (secondary N) is 1. The monoisotopic (exact) mass is 353 g/mol. The van der Waals surface area contributed by atoms with Crippen LogP contribution in [-0.2, 0) is 6.18 Å². The van der Waals surface area contributed by atoms with Gasteiger partial charge in [0.05, 0.1) is 4.88 Å². The molecule has 1 atom stereocenters. The molecule has 0 bridgehead atoms. The molecule has 2 rings (SSSR count). The maximum Gasteiger partial charge on any atom is 0.433 e. The molecular weight excluding hydrogens is 339 g/mol. The lowest BCUT2D eigenvalue weighted by Crippen LogP contribution is -2.37. The first-order valence-corrected chi connectivity index (χ1v) is 7.04. The van der Waals surface area contributed by atoms with Crippen molar-refractivity contribution >= 4 is 39.9 Å². The zero-order chi connectivity index (χ0) is 15.8. The highest BCUT2D eigenvalue weighted by Gasteiger charge is 2.33. The predicted molar refractivity (Wildman–Crippen MR) is 82.6 cm³/mol. The van der Waals surface area contributed by atoms with Crippen molar-refractivity contribution in [3.05, 3.63) is 28.3 Å². The molecule has 2 aromatic rings. The Hall–Kier alpha value is -1.38. The first kappa shape index (κ1) is 18.7. The smallest absolute Gasteiger partial charge is 0.348 e. The summed E-state index contributed by atoms with van der Waals surface area (Å²) < 4.78 is 37.9. The number of amides is 1. The molecular formula is C13H15ClF3N3OS. The molecule has 0 aliphatic rings. The average Bonchev–Trinajstić information content (AvgIpc) is 2.74. The Balaban J connectivity index is 0.00000242. The zero-order valence-corrected chi connectivity index (χ0v) is 13.5. The van der Waals surface area contributed by atoms with E-state index in [0.717, 1.165) is 17.4 Å². The number of rotatable bonds is 3. The number of aryl methyl sites for hydroxylation is 1. The summed E-state index contributed by atoms with van der Waals surface area (Å²) in [5.41, 5.74) is 5.09. The van der Waals surface area contributed by atoms with Crippen LogP contribution in [-0.4, -0.2) is 23.5 Å². The van der Waals surface area contributed by atoms with Crippen LogP contribution >= 0.6 is 23.7 Å². The molecule has 0 radical (unpaired) electrons. The summed E-state index contributed by atoms with van der Waals surface area (Å²) in [6.45, 7) is 3.72. The third-order valence-corrected chi connectivity index (χ3v) is 4.23. The molecule has 2 heterocycles. The van der Waals surface area contributed by atoms with Crippen LogP contribution in [0.15, 0.2) is 12.1 Å². The van der Waals surface area contributed by atoms with Crippen LogP contribution in [0.1, 0.15) is 27.9 Å². The Morgan fingerprint density at radius 3 is 2.64 bits per heavy atom. The molecule has 0 saturated heterocycles. The Labute approximate surface area is 135 Å². The zero-order valence-electron chi connectivity index (χ0n) is 11.8. The molecule has 22 heavy (non-hydrogen) atoms. The highest BCUT2D eigenvalue weighted by atomic mass is 35.5. The van der Waals surface area contributed by atoms with Crippen molar-refractivity contribution in [2.75, 3.05) is 6.54 Å². The van der Waals surface area contributed by atoms with Gasteiger partial charge >= 0.3 is 6.18 Å². The first-order chi connectivity index (χ1) is 9.74. The fourth-order valence-electron chi connectivity index (χ4n) is 1.82. The number of alkyl halides is 3. The van der Waals surface area contributed by atoms with Gasteiger partial charge in [0.1, 0.15) is 10.5 Å². The van der Waals surface area contributed by atoms with Crippen molar-refractivity contribution in [1.82, 2.24) is 10.3 Å². The summed E-state index contributed by atoms with van der Waals surface area (Å²) in [5, 5.41) is 3.24. The van der Waals surface area contributed by atoms with Gasteiger partial charge < -0.3 is 11.1 Å². The molecule has 0 aliphatic carbocycles. The Morgan fingerprint density at radius 1 is 1.45 bits per heavy atom. The van der Waals surface area contributed by atoms with Crippen LogP contribution in [0.4, 0.5) is 13.2 Å². The molecule has 0 fully saturated rings. The van der Waals surface area contributed by atoms with Crippen molar-refractivity contribution in [3.8, 4) is 0 Å². The minimum Gasteiger partial charge on any atom is -0.348 e. The summed E-state index contributed by atoms with van der Waals surface area (Å²) in [6.07, 6.45) is -4.50. The summed E-state index contributed by atoms with van der Waals surface area (Å²) in [7, 11) is 0. The second-order valence-corrected chi connectivity index (χ2v) is 5.71. The number of hydrogen-bond donors (Lipinski definition) is 2. The van der Waals surface area contributed by atoms with Crippen LogP contribution in [0.5, 0.6) is 0 Å². The number of halogens is 4. The van der Waals surface area contributed by atoms with Gasteiger partial charge in [-0.3, -0.25) is 4.79 Å². The first-order valence-electron chi connectivity index (χ1n) is 6.22. The minimum atomic E-state index is -4.50. The molecule has 3 N–H and O–H groups in total. The number of aromatic nitrogens is 1. The molecule has 0 saturated carbocycles. The standard InChI is InChI=1S/C13H14F3N3OS.ClH/c1-6(5-17)18-11(20)10-7(2)8-3-4-9(13(14,15)16)19-12(8)21-10;/h3-4,6H,5,17H2,1-2H3,(H,18,20);1H/t6-;/m0./s1. The largest absolute Gasteiger partial charge is 0.433 e. The van der Waals surface area contributed by atoms with Crippen LogP contribution in [0.2, 0.25) is 0 Å². The van der Waals surface area contributed by atoms with E-state index in [9.17, 15) is 18.0 Å². The van der Waals surface area contributed by atoms with Crippen molar-refractivity contribution in [2.24, 2.45) is 5.73 Å². The van der Waals surface area contributed by atoms with Crippen LogP contribution < -0.4 is 11.1 Å². The molecule has 0 spiro atoms. The van der Waals surface area contributed by atoms with E-state index in [0.29, 0.717) is 15.8 Å². The van der Waals surface area contributed by atoms with E-state index in [2.05, 4.69) is 10.3 Å². The fraction of sp³-hybridized carbons (Fsp3) is 0.385. The van der Waals surface area contributed by atoms with E-state index in [1.165, 1.54) is 6.07 Å². The Morgan fingerprint density at radius 2 is 2.09 bits per heavy atom. The van der Waals surface area contributed by atoms with Gasteiger partial charge in [-0.05, 0) is 31.5 Å². The van der Waals surface area contributed by atoms with Crippen LogP contribution in [0, 0.1) is 6.92 Å². The molecule has 2 aromatic heterocycles.